The molecular formula is C18H21N3O2. The molecule has 1 aliphatic heterocycles. The zero-order valence-corrected chi connectivity index (χ0v) is 13.4. The van der Waals surface area contributed by atoms with Crippen molar-refractivity contribution >= 4 is 5.91 Å². The Morgan fingerprint density at radius 2 is 2.22 bits per heavy atom. The van der Waals surface area contributed by atoms with Gasteiger partial charge in [-0.15, -0.1) is 0 Å². The molecule has 1 fully saturated rings. The highest BCUT2D eigenvalue weighted by molar-refractivity contribution is 6.00. The van der Waals surface area contributed by atoms with Crippen LogP contribution < -0.4 is 0 Å². The summed E-state index contributed by atoms with van der Waals surface area (Å²) in [5.41, 5.74) is 3.59. The minimum absolute atomic E-state index is 0.0622. The van der Waals surface area contributed by atoms with Gasteiger partial charge in [-0.2, -0.15) is 5.10 Å². The second-order valence-electron chi connectivity index (χ2n) is 6.40. The molecule has 5 nitrogen and oxygen atoms in total. The number of aromatic nitrogens is 2. The van der Waals surface area contributed by atoms with Gasteiger partial charge in [-0.05, 0) is 44.1 Å². The summed E-state index contributed by atoms with van der Waals surface area (Å²) in [6.07, 6.45) is 13.0. The average Bonchev–Trinajstić information content (AvgIpc) is 3.23. The molecule has 0 spiro atoms. The average molecular weight is 311 g/mol. The van der Waals surface area contributed by atoms with Crippen LogP contribution in [-0.4, -0.2) is 27.1 Å². The molecule has 2 aliphatic rings. The second kappa shape index (κ2) is 5.72. The molecule has 1 aliphatic carbocycles. The minimum atomic E-state index is 0.0622. The van der Waals surface area contributed by atoms with E-state index in [9.17, 15) is 4.79 Å². The summed E-state index contributed by atoms with van der Waals surface area (Å²) in [4.78, 5) is 15.2. The number of fused-ring (bicyclic) bond motifs is 1. The van der Waals surface area contributed by atoms with Gasteiger partial charge in [0.05, 0.1) is 30.0 Å². The van der Waals surface area contributed by atoms with Crippen molar-refractivity contribution in [3.8, 4) is 11.3 Å². The van der Waals surface area contributed by atoms with E-state index >= 15 is 0 Å². The van der Waals surface area contributed by atoms with E-state index < -0.39 is 0 Å². The predicted octanol–water partition coefficient (Wildman–Crippen LogP) is 3.60. The number of rotatable bonds is 2. The number of furan rings is 1. The number of aryl methyl sites for hydroxylation is 1. The van der Waals surface area contributed by atoms with Crippen LogP contribution in [0.4, 0.5) is 0 Å². The fourth-order valence-corrected chi connectivity index (χ4v) is 3.88. The molecule has 120 valence electrons. The summed E-state index contributed by atoms with van der Waals surface area (Å²) in [5, 5.41) is 4.30. The highest BCUT2D eigenvalue weighted by atomic mass is 16.3. The molecule has 23 heavy (non-hydrogen) atoms. The number of nitrogens with zero attached hydrogens (tertiary/aromatic N) is 3. The fourth-order valence-electron chi connectivity index (χ4n) is 3.88. The van der Waals surface area contributed by atoms with E-state index in [-0.39, 0.29) is 5.91 Å². The van der Waals surface area contributed by atoms with Crippen LogP contribution in [0.2, 0.25) is 0 Å². The number of likely N-dealkylation sites (tertiary alicyclic amines) is 1. The Labute approximate surface area is 135 Å². The molecule has 0 bridgehead atoms. The maximum absolute atomic E-state index is 13.2. The minimum Gasteiger partial charge on any atom is -0.472 e. The Kier molecular flexibility index (Phi) is 3.56. The molecule has 4 rings (SSSR count). The zero-order valence-electron chi connectivity index (χ0n) is 13.4. The number of allylic oxidation sites excluding steroid dienone is 2. The lowest BCUT2D eigenvalue weighted by Crippen LogP contribution is -2.39. The van der Waals surface area contributed by atoms with Crippen LogP contribution in [0.3, 0.4) is 0 Å². The molecule has 0 N–H and O–H groups in total. The number of amides is 1. The van der Waals surface area contributed by atoms with Crippen LogP contribution in [-0.2, 0) is 7.05 Å². The fraction of sp³-hybridized carbons (Fsp3) is 0.444. The number of carbonyl (C=O) groups excluding carboxylic acids is 1. The third-order valence-electron chi connectivity index (χ3n) is 4.98. The number of hydrogen-bond acceptors (Lipinski definition) is 3. The van der Waals surface area contributed by atoms with Crippen LogP contribution in [0.5, 0.6) is 0 Å². The van der Waals surface area contributed by atoms with Crippen molar-refractivity contribution in [2.75, 3.05) is 6.54 Å². The van der Waals surface area contributed by atoms with Gasteiger partial charge in [-0.3, -0.25) is 9.48 Å². The summed E-state index contributed by atoms with van der Waals surface area (Å²) in [6.45, 7) is 0.806. The van der Waals surface area contributed by atoms with Crippen LogP contribution in [0.25, 0.3) is 11.3 Å². The van der Waals surface area contributed by atoms with Crippen LogP contribution in [0, 0.1) is 5.92 Å². The van der Waals surface area contributed by atoms with Crippen molar-refractivity contribution in [3.05, 3.63) is 42.1 Å². The summed E-state index contributed by atoms with van der Waals surface area (Å²) in [5.74, 6) is 0.614. The van der Waals surface area contributed by atoms with Crippen LogP contribution in [0.1, 0.15) is 42.5 Å². The van der Waals surface area contributed by atoms with E-state index in [2.05, 4.69) is 11.2 Å². The quantitative estimate of drug-likeness (QED) is 0.851. The maximum Gasteiger partial charge on any atom is 0.261 e. The third kappa shape index (κ3) is 2.40. The van der Waals surface area contributed by atoms with Crippen molar-refractivity contribution in [1.29, 1.82) is 0 Å². The van der Waals surface area contributed by atoms with E-state index in [1.807, 2.05) is 18.0 Å². The first kappa shape index (κ1) is 14.3. The topological polar surface area (TPSA) is 51.3 Å². The standard InChI is InChI=1S/C18H21N3O2/c1-20-17(14-8-10-23-12-14)15(11-19-20)18(22)21-9-4-6-13-5-2-3-7-16(13)21/h7-8,10-13H,2-6,9H2,1H3. The van der Waals surface area contributed by atoms with Gasteiger partial charge in [0.2, 0.25) is 0 Å². The van der Waals surface area contributed by atoms with E-state index in [4.69, 9.17) is 4.42 Å². The number of carbonyl (C=O) groups is 1. The summed E-state index contributed by atoms with van der Waals surface area (Å²) in [7, 11) is 1.86. The van der Waals surface area contributed by atoms with Crippen molar-refractivity contribution in [1.82, 2.24) is 14.7 Å². The lowest BCUT2D eigenvalue weighted by Gasteiger charge is -2.38. The van der Waals surface area contributed by atoms with E-state index in [1.165, 1.54) is 25.0 Å². The lowest BCUT2D eigenvalue weighted by molar-refractivity contribution is 0.0749. The van der Waals surface area contributed by atoms with Crippen molar-refractivity contribution in [2.24, 2.45) is 13.0 Å². The van der Waals surface area contributed by atoms with Gasteiger partial charge >= 0.3 is 0 Å². The van der Waals surface area contributed by atoms with Gasteiger partial charge in [0.1, 0.15) is 0 Å². The van der Waals surface area contributed by atoms with E-state index in [0.29, 0.717) is 11.5 Å². The SMILES string of the molecule is Cn1ncc(C(=O)N2CCCC3CCCC=C32)c1-c1ccoc1. The number of hydrogen-bond donors (Lipinski definition) is 0. The summed E-state index contributed by atoms with van der Waals surface area (Å²) >= 11 is 0. The smallest absolute Gasteiger partial charge is 0.261 e. The Balaban J connectivity index is 1.71. The van der Waals surface area contributed by atoms with Gasteiger partial charge in [-0.25, -0.2) is 0 Å². The summed E-state index contributed by atoms with van der Waals surface area (Å²) < 4.78 is 6.93. The summed E-state index contributed by atoms with van der Waals surface area (Å²) in [6, 6.07) is 1.87. The Bertz CT molecular complexity index is 742. The van der Waals surface area contributed by atoms with Gasteiger partial charge in [-0.1, -0.05) is 6.08 Å². The van der Waals surface area contributed by atoms with Gasteiger partial charge in [0.15, 0.2) is 0 Å². The monoisotopic (exact) mass is 311 g/mol. The Morgan fingerprint density at radius 1 is 1.35 bits per heavy atom. The van der Waals surface area contributed by atoms with Crippen molar-refractivity contribution in [3.63, 3.8) is 0 Å². The number of piperidine rings is 1. The molecule has 1 saturated heterocycles. The molecule has 1 unspecified atom stereocenters. The molecule has 5 heteroatoms. The molecule has 0 aromatic carbocycles. The largest absolute Gasteiger partial charge is 0.472 e. The van der Waals surface area contributed by atoms with Gasteiger partial charge < -0.3 is 9.32 Å². The van der Waals surface area contributed by atoms with Crippen LogP contribution >= 0.6 is 0 Å². The van der Waals surface area contributed by atoms with Gasteiger partial charge in [0.25, 0.3) is 5.91 Å². The van der Waals surface area contributed by atoms with Gasteiger partial charge in [0, 0.05) is 24.9 Å². The van der Waals surface area contributed by atoms with Crippen LogP contribution in [0.15, 0.2) is 41.0 Å². The first-order valence-electron chi connectivity index (χ1n) is 8.32. The lowest BCUT2D eigenvalue weighted by atomic mass is 9.84. The highest BCUT2D eigenvalue weighted by Crippen LogP contribution is 2.36. The first-order chi connectivity index (χ1) is 11.3. The predicted molar refractivity (Wildman–Crippen MR) is 86.6 cm³/mol. The van der Waals surface area contributed by atoms with Crippen molar-refractivity contribution in [2.45, 2.75) is 32.1 Å². The Hall–Kier alpha value is -2.30. The molecule has 0 saturated carbocycles. The normalized spacial score (nSPS) is 21.0. The molecule has 3 heterocycles. The highest BCUT2D eigenvalue weighted by Gasteiger charge is 2.32. The molecule has 2 aromatic rings. The molecule has 0 radical (unpaired) electrons. The molecule has 1 atom stereocenters. The maximum atomic E-state index is 13.2. The second-order valence-corrected chi connectivity index (χ2v) is 6.40. The van der Waals surface area contributed by atoms with E-state index in [1.54, 1.807) is 23.4 Å². The molecule has 1 amide bonds. The molecule has 2 aromatic heterocycles. The van der Waals surface area contributed by atoms with Crippen molar-refractivity contribution < 1.29 is 9.21 Å². The van der Waals surface area contributed by atoms with E-state index in [0.717, 1.165) is 30.6 Å². The molecular weight excluding hydrogens is 290 g/mol. The Morgan fingerprint density at radius 3 is 3.04 bits per heavy atom. The first-order valence-corrected chi connectivity index (χ1v) is 8.32. The third-order valence-corrected chi connectivity index (χ3v) is 4.98. The zero-order chi connectivity index (χ0) is 15.8.